The summed E-state index contributed by atoms with van der Waals surface area (Å²) in [5.74, 6) is 2.82. The van der Waals surface area contributed by atoms with Gasteiger partial charge in [-0.15, -0.1) is 0 Å². The van der Waals surface area contributed by atoms with Gasteiger partial charge in [-0.2, -0.15) is 0 Å². The first-order chi connectivity index (χ1) is 18.2. The van der Waals surface area contributed by atoms with Crippen molar-refractivity contribution >= 4 is 11.6 Å². The van der Waals surface area contributed by atoms with Crippen LogP contribution in [-0.4, -0.2) is 11.6 Å². The quantitative estimate of drug-likeness (QED) is 0.306. The summed E-state index contributed by atoms with van der Waals surface area (Å²) in [7, 11) is 0. The third-order valence-electron chi connectivity index (χ3n) is 10.1. The molecule has 0 aliphatic heterocycles. The van der Waals surface area contributed by atoms with Gasteiger partial charge in [0.2, 0.25) is 0 Å². The number of allylic oxidation sites excluding steroid dienone is 12. The second-order valence-corrected chi connectivity index (χ2v) is 17.4. The van der Waals surface area contributed by atoms with E-state index in [1.165, 1.54) is 36.8 Å². The summed E-state index contributed by atoms with van der Waals surface area (Å²) >= 11 is 0. The molecule has 0 spiro atoms. The first-order valence-corrected chi connectivity index (χ1v) is 15.6. The van der Waals surface area contributed by atoms with E-state index in [0.29, 0.717) is 23.7 Å². The van der Waals surface area contributed by atoms with Gasteiger partial charge in [0.25, 0.3) is 0 Å². The van der Waals surface area contributed by atoms with Gasteiger partial charge < -0.3 is 0 Å². The fourth-order valence-corrected chi connectivity index (χ4v) is 8.20. The number of hydrogen-bond donors (Lipinski definition) is 0. The Labute approximate surface area is 243 Å². The summed E-state index contributed by atoms with van der Waals surface area (Å²) < 4.78 is 0. The van der Waals surface area contributed by atoms with E-state index in [2.05, 4.69) is 107 Å². The molecule has 2 nitrogen and oxygen atoms in total. The van der Waals surface area contributed by atoms with Crippen molar-refractivity contribution in [3.8, 4) is 0 Å². The van der Waals surface area contributed by atoms with Gasteiger partial charge in [0.1, 0.15) is 0 Å². The van der Waals surface area contributed by atoms with Gasteiger partial charge in [0.15, 0.2) is 11.6 Å². The van der Waals surface area contributed by atoms with Crippen LogP contribution in [0.2, 0.25) is 0 Å². The van der Waals surface area contributed by atoms with Crippen LogP contribution in [0.15, 0.2) is 68.9 Å². The molecule has 2 heteroatoms. The molecule has 40 heavy (non-hydrogen) atoms. The second kappa shape index (κ2) is 9.14. The first-order valence-electron chi connectivity index (χ1n) is 15.6. The molecule has 0 saturated heterocycles. The van der Waals surface area contributed by atoms with Crippen LogP contribution in [-0.2, 0) is 9.59 Å². The van der Waals surface area contributed by atoms with Gasteiger partial charge >= 0.3 is 0 Å². The third kappa shape index (κ3) is 4.92. The Kier molecular flexibility index (Phi) is 6.69. The van der Waals surface area contributed by atoms with E-state index >= 15 is 0 Å². The van der Waals surface area contributed by atoms with Crippen LogP contribution in [0.1, 0.15) is 109 Å². The highest BCUT2D eigenvalue weighted by Gasteiger charge is 2.50. The molecule has 0 heterocycles. The average molecular weight is 541 g/mol. The zero-order valence-corrected chi connectivity index (χ0v) is 27.3. The van der Waals surface area contributed by atoms with Crippen LogP contribution in [0.5, 0.6) is 0 Å². The molecular weight excluding hydrogens is 488 g/mol. The Hall–Kier alpha value is -2.22. The Balaban J connectivity index is 1.59. The van der Waals surface area contributed by atoms with Crippen molar-refractivity contribution < 1.29 is 9.59 Å². The molecule has 4 saturated carbocycles. The normalized spacial score (nSPS) is 29.6. The summed E-state index contributed by atoms with van der Waals surface area (Å²) in [6.45, 7) is 26.1. The van der Waals surface area contributed by atoms with Crippen molar-refractivity contribution in [3.63, 3.8) is 0 Å². The summed E-state index contributed by atoms with van der Waals surface area (Å²) in [6, 6.07) is 0. The highest BCUT2D eigenvalue weighted by atomic mass is 16.1. The molecule has 4 bridgehead atoms. The molecule has 6 aliphatic carbocycles. The highest BCUT2D eigenvalue weighted by molar-refractivity contribution is 6.12. The van der Waals surface area contributed by atoms with Gasteiger partial charge in [-0.25, -0.2) is 0 Å². The number of hydrogen-bond acceptors (Lipinski definition) is 2. The van der Waals surface area contributed by atoms with E-state index < -0.39 is 0 Å². The maximum Gasteiger partial charge on any atom is 0.186 e. The van der Waals surface area contributed by atoms with E-state index in [0.717, 1.165) is 22.3 Å². The molecule has 6 aliphatic rings. The van der Waals surface area contributed by atoms with Gasteiger partial charge in [0.05, 0.1) is 0 Å². The average Bonchev–Trinajstić information content (AvgIpc) is 2.76. The summed E-state index contributed by atoms with van der Waals surface area (Å²) in [6.07, 6.45) is 13.8. The van der Waals surface area contributed by atoms with Crippen molar-refractivity contribution in [1.29, 1.82) is 0 Å². The van der Waals surface area contributed by atoms with Crippen molar-refractivity contribution in [3.05, 3.63) is 68.9 Å². The lowest BCUT2D eigenvalue weighted by Crippen LogP contribution is -2.43. The standard InChI is InChI=1S/C38H52O2/c1-35(2,3)27-17-25(18-28(33(27)39)36(4,5)6)31-21-13-23-15-22(31)16-24(14-21)32(23)26-19-29(37(7,8)9)34(40)30(20-26)38(10,11)12/h17-24H,13-16H2,1-12H3. The van der Waals surface area contributed by atoms with Crippen molar-refractivity contribution in [2.75, 3.05) is 0 Å². The minimum atomic E-state index is -0.177. The number of rotatable bonds is 0. The van der Waals surface area contributed by atoms with Crippen LogP contribution in [0.25, 0.3) is 0 Å². The molecule has 0 aromatic rings. The minimum absolute atomic E-state index is 0.177. The monoisotopic (exact) mass is 540 g/mol. The topological polar surface area (TPSA) is 34.1 Å². The first kappa shape index (κ1) is 29.3. The number of carbonyl (C=O) groups is 2. The number of carbonyl (C=O) groups excluding carboxylic acids is 2. The predicted octanol–water partition coefficient (Wildman–Crippen LogP) is 9.70. The fourth-order valence-electron chi connectivity index (χ4n) is 8.20. The van der Waals surface area contributed by atoms with Crippen LogP contribution < -0.4 is 0 Å². The molecule has 0 aromatic carbocycles. The lowest BCUT2D eigenvalue weighted by molar-refractivity contribution is -0.114. The van der Waals surface area contributed by atoms with Crippen LogP contribution in [0.3, 0.4) is 0 Å². The van der Waals surface area contributed by atoms with Gasteiger partial charge in [-0.1, -0.05) is 94.2 Å². The molecule has 6 rings (SSSR count). The Morgan fingerprint density at radius 2 is 0.625 bits per heavy atom. The van der Waals surface area contributed by atoms with Gasteiger partial charge in [0, 0.05) is 22.3 Å². The zero-order chi connectivity index (χ0) is 29.7. The van der Waals surface area contributed by atoms with E-state index in [9.17, 15) is 9.59 Å². The molecule has 0 amide bonds. The lowest BCUT2D eigenvalue weighted by Gasteiger charge is -2.54. The van der Waals surface area contributed by atoms with Crippen LogP contribution >= 0.6 is 0 Å². The lowest BCUT2D eigenvalue weighted by atomic mass is 9.50. The minimum Gasteiger partial charge on any atom is -0.289 e. The SMILES string of the molecule is CC(C)(C)C1=CC(=C2C3CC4CC2CC(C3)C4=C2C=C(C(C)(C)C)C(=O)C(C(C)(C)C)=C2)C=C(C(C)(C)C)C1=O. The van der Waals surface area contributed by atoms with E-state index in [1.807, 2.05) is 0 Å². The zero-order valence-electron chi connectivity index (χ0n) is 27.3. The van der Waals surface area contributed by atoms with E-state index in [4.69, 9.17) is 0 Å². The molecule has 4 fully saturated rings. The van der Waals surface area contributed by atoms with Crippen LogP contribution in [0.4, 0.5) is 0 Å². The summed E-state index contributed by atoms with van der Waals surface area (Å²) in [5.41, 5.74) is 9.08. The Morgan fingerprint density at radius 1 is 0.425 bits per heavy atom. The number of ketones is 2. The molecule has 216 valence electrons. The largest absolute Gasteiger partial charge is 0.289 e. The molecule has 0 atom stereocenters. The third-order valence-corrected chi connectivity index (χ3v) is 10.1. The molecule has 0 unspecified atom stereocenters. The van der Waals surface area contributed by atoms with Crippen LogP contribution in [0, 0.1) is 45.3 Å². The second-order valence-electron chi connectivity index (χ2n) is 17.4. The smallest absolute Gasteiger partial charge is 0.186 e. The molecule has 0 aromatic heterocycles. The Bertz CT molecular complexity index is 1140. The fraction of sp³-hybridized carbons (Fsp3) is 0.632. The molecule has 0 radical (unpaired) electrons. The molecule has 0 N–H and O–H groups in total. The van der Waals surface area contributed by atoms with Crippen molar-refractivity contribution in [1.82, 2.24) is 0 Å². The van der Waals surface area contributed by atoms with Gasteiger partial charge in [-0.3, -0.25) is 9.59 Å². The number of Topliss-reactive ketones (excluding diaryl/α,β-unsaturated/α-hetero) is 2. The summed E-state index contributed by atoms with van der Waals surface area (Å²) in [5, 5.41) is 0. The highest BCUT2D eigenvalue weighted by Crippen LogP contribution is 2.61. The molecular formula is C38H52O2. The Morgan fingerprint density at radius 3 is 0.800 bits per heavy atom. The van der Waals surface area contributed by atoms with E-state index in [1.54, 1.807) is 11.1 Å². The summed E-state index contributed by atoms with van der Waals surface area (Å²) in [4.78, 5) is 27.2. The van der Waals surface area contributed by atoms with Crippen molar-refractivity contribution in [2.24, 2.45) is 45.3 Å². The maximum absolute atomic E-state index is 13.6. The van der Waals surface area contributed by atoms with Gasteiger partial charge in [-0.05, 0) is 106 Å². The predicted molar refractivity (Wildman–Crippen MR) is 167 cm³/mol. The van der Waals surface area contributed by atoms with Crippen molar-refractivity contribution in [2.45, 2.75) is 109 Å². The maximum atomic E-state index is 13.6. The van der Waals surface area contributed by atoms with E-state index in [-0.39, 0.29) is 33.2 Å².